The molecule has 0 aliphatic heterocycles. The summed E-state index contributed by atoms with van der Waals surface area (Å²) in [6.45, 7) is 2.27. The zero-order chi connectivity index (χ0) is 13.0. The smallest absolute Gasteiger partial charge is 0.0346 e. The van der Waals surface area contributed by atoms with Crippen LogP contribution in [0, 0.1) is 5.92 Å². The van der Waals surface area contributed by atoms with Gasteiger partial charge in [0.1, 0.15) is 0 Å². The van der Waals surface area contributed by atoms with Gasteiger partial charge in [0, 0.05) is 10.2 Å². The molecule has 2 N–H and O–H groups in total. The second-order valence-electron chi connectivity index (χ2n) is 4.84. The van der Waals surface area contributed by atoms with E-state index in [0.29, 0.717) is 5.92 Å². The van der Waals surface area contributed by atoms with Crippen molar-refractivity contribution in [1.82, 2.24) is 0 Å². The molecule has 0 radical (unpaired) electrons. The summed E-state index contributed by atoms with van der Waals surface area (Å²) in [7, 11) is 0. The van der Waals surface area contributed by atoms with E-state index in [9.17, 15) is 0 Å². The highest BCUT2D eigenvalue weighted by Gasteiger charge is 2.07. The molecule has 0 aliphatic carbocycles. The predicted molar refractivity (Wildman–Crippen MR) is 81.6 cm³/mol. The molecule has 2 heteroatoms. The molecule has 2 aromatic carbocycles. The highest BCUT2D eigenvalue weighted by atomic mass is 79.9. The number of hydrogen-bond acceptors (Lipinski definition) is 1. The van der Waals surface area contributed by atoms with E-state index >= 15 is 0 Å². The van der Waals surface area contributed by atoms with Crippen LogP contribution in [0.25, 0.3) is 0 Å². The van der Waals surface area contributed by atoms with Gasteiger partial charge in [-0.25, -0.2) is 0 Å². The first-order valence-corrected chi connectivity index (χ1v) is 7.02. The van der Waals surface area contributed by atoms with Crippen molar-refractivity contribution in [2.75, 3.05) is 5.73 Å². The van der Waals surface area contributed by atoms with Crippen LogP contribution in [0.1, 0.15) is 18.1 Å². The summed E-state index contributed by atoms with van der Waals surface area (Å²) in [5.41, 5.74) is 9.50. The molecule has 18 heavy (non-hydrogen) atoms. The second-order valence-corrected chi connectivity index (χ2v) is 5.76. The van der Waals surface area contributed by atoms with Crippen LogP contribution >= 0.6 is 15.9 Å². The molecule has 94 valence electrons. The number of benzene rings is 2. The largest absolute Gasteiger partial charge is 0.399 e. The SMILES string of the molecule is CC(Cc1cccc(Br)c1)Cc1ccccc1N. The Labute approximate surface area is 117 Å². The van der Waals surface area contributed by atoms with Gasteiger partial charge in [0.2, 0.25) is 0 Å². The monoisotopic (exact) mass is 303 g/mol. The minimum atomic E-state index is 0.587. The molecule has 1 atom stereocenters. The van der Waals surface area contributed by atoms with Crippen molar-refractivity contribution < 1.29 is 0 Å². The zero-order valence-electron chi connectivity index (χ0n) is 10.6. The molecule has 0 aromatic heterocycles. The minimum Gasteiger partial charge on any atom is -0.399 e. The van der Waals surface area contributed by atoms with Crippen LogP contribution in [0.4, 0.5) is 5.69 Å². The molecule has 0 aliphatic rings. The zero-order valence-corrected chi connectivity index (χ0v) is 12.2. The highest BCUT2D eigenvalue weighted by molar-refractivity contribution is 9.10. The fourth-order valence-electron chi connectivity index (χ4n) is 2.23. The first-order chi connectivity index (χ1) is 8.65. The number of nitrogen functional groups attached to an aromatic ring is 1. The Bertz CT molecular complexity index is 522. The van der Waals surface area contributed by atoms with Gasteiger partial charge in [0.15, 0.2) is 0 Å². The molecule has 2 rings (SSSR count). The quantitative estimate of drug-likeness (QED) is 0.830. The lowest BCUT2D eigenvalue weighted by atomic mass is 9.93. The Hall–Kier alpha value is -1.28. The highest BCUT2D eigenvalue weighted by Crippen LogP contribution is 2.20. The molecule has 0 fully saturated rings. The molecular formula is C16H18BrN. The van der Waals surface area contributed by atoms with Crippen molar-refractivity contribution in [2.24, 2.45) is 5.92 Å². The molecular weight excluding hydrogens is 286 g/mol. The lowest BCUT2D eigenvalue weighted by molar-refractivity contribution is 0.578. The van der Waals surface area contributed by atoms with Crippen LogP contribution in [0.5, 0.6) is 0 Å². The molecule has 2 aromatic rings. The summed E-state index contributed by atoms with van der Waals surface area (Å²) in [6.07, 6.45) is 2.10. The van der Waals surface area contributed by atoms with E-state index in [1.165, 1.54) is 11.1 Å². The van der Waals surface area contributed by atoms with Crippen LogP contribution in [0.15, 0.2) is 53.0 Å². The Kier molecular flexibility index (Phi) is 4.43. The number of para-hydroxylation sites is 1. The molecule has 1 nitrogen and oxygen atoms in total. The van der Waals surface area contributed by atoms with Gasteiger partial charge in [0.25, 0.3) is 0 Å². The first kappa shape index (κ1) is 13.2. The maximum absolute atomic E-state index is 5.98. The lowest BCUT2D eigenvalue weighted by Gasteiger charge is -2.13. The van der Waals surface area contributed by atoms with Crippen LogP contribution in [-0.4, -0.2) is 0 Å². The van der Waals surface area contributed by atoms with E-state index in [-0.39, 0.29) is 0 Å². The molecule has 0 amide bonds. The van der Waals surface area contributed by atoms with Gasteiger partial charge in [-0.3, -0.25) is 0 Å². The standard InChI is InChI=1S/C16H18BrN/c1-12(9-13-5-4-7-15(17)11-13)10-14-6-2-3-8-16(14)18/h2-8,11-12H,9-10,18H2,1H3. The summed E-state index contributed by atoms with van der Waals surface area (Å²) in [5, 5.41) is 0. The van der Waals surface area contributed by atoms with Gasteiger partial charge in [0.05, 0.1) is 0 Å². The predicted octanol–water partition coefficient (Wildman–Crippen LogP) is 4.45. The van der Waals surface area contributed by atoms with Crippen molar-refractivity contribution in [3.63, 3.8) is 0 Å². The normalized spacial score (nSPS) is 12.3. The topological polar surface area (TPSA) is 26.0 Å². The third kappa shape index (κ3) is 3.61. The molecule has 0 heterocycles. The van der Waals surface area contributed by atoms with Crippen LogP contribution in [0.3, 0.4) is 0 Å². The summed E-state index contributed by atoms with van der Waals surface area (Å²) in [5.74, 6) is 0.587. The van der Waals surface area contributed by atoms with Gasteiger partial charge in [-0.2, -0.15) is 0 Å². The van der Waals surface area contributed by atoms with Crippen LogP contribution in [-0.2, 0) is 12.8 Å². The van der Waals surface area contributed by atoms with Crippen molar-refractivity contribution in [3.8, 4) is 0 Å². The Morgan fingerprint density at radius 2 is 1.83 bits per heavy atom. The number of halogens is 1. The Balaban J connectivity index is 2.01. The van der Waals surface area contributed by atoms with E-state index in [1.807, 2.05) is 12.1 Å². The Morgan fingerprint density at radius 3 is 2.56 bits per heavy atom. The molecule has 0 spiro atoms. The maximum Gasteiger partial charge on any atom is 0.0346 e. The van der Waals surface area contributed by atoms with Gasteiger partial charge in [-0.15, -0.1) is 0 Å². The van der Waals surface area contributed by atoms with Crippen LogP contribution < -0.4 is 5.73 Å². The van der Waals surface area contributed by atoms with Crippen molar-refractivity contribution in [1.29, 1.82) is 0 Å². The summed E-state index contributed by atoms with van der Waals surface area (Å²) < 4.78 is 1.14. The van der Waals surface area contributed by atoms with Crippen molar-refractivity contribution in [3.05, 3.63) is 64.1 Å². The third-order valence-electron chi connectivity index (χ3n) is 3.10. The van der Waals surface area contributed by atoms with Gasteiger partial charge in [-0.05, 0) is 48.1 Å². The van der Waals surface area contributed by atoms with E-state index in [1.54, 1.807) is 0 Å². The fourth-order valence-corrected chi connectivity index (χ4v) is 2.68. The minimum absolute atomic E-state index is 0.587. The lowest BCUT2D eigenvalue weighted by Crippen LogP contribution is -2.05. The van der Waals surface area contributed by atoms with Crippen molar-refractivity contribution >= 4 is 21.6 Å². The third-order valence-corrected chi connectivity index (χ3v) is 3.59. The van der Waals surface area contributed by atoms with Crippen molar-refractivity contribution in [2.45, 2.75) is 19.8 Å². The fraction of sp³-hybridized carbons (Fsp3) is 0.250. The summed E-state index contributed by atoms with van der Waals surface area (Å²) in [4.78, 5) is 0. The molecule has 0 saturated carbocycles. The summed E-state index contributed by atoms with van der Waals surface area (Å²) >= 11 is 3.51. The number of nitrogens with two attached hydrogens (primary N) is 1. The molecule has 0 bridgehead atoms. The van der Waals surface area contributed by atoms with Gasteiger partial charge < -0.3 is 5.73 Å². The van der Waals surface area contributed by atoms with E-state index in [0.717, 1.165) is 23.0 Å². The average Bonchev–Trinajstić information content (AvgIpc) is 2.32. The Morgan fingerprint density at radius 1 is 1.06 bits per heavy atom. The number of rotatable bonds is 4. The number of anilines is 1. The number of hydrogen-bond donors (Lipinski definition) is 1. The molecule has 0 saturated heterocycles. The van der Waals surface area contributed by atoms with Crippen LogP contribution in [0.2, 0.25) is 0 Å². The van der Waals surface area contributed by atoms with E-state index in [2.05, 4.69) is 59.3 Å². The average molecular weight is 304 g/mol. The first-order valence-electron chi connectivity index (χ1n) is 6.23. The maximum atomic E-state index is 5.98. The molecule has 1 unspecified atom stereocenters. The van der Waals surface area contributed by atoms with Gasteiger partial charge in [-0.1, -0.05) is 53.2 Å². The van der Waals surface area contributed by atoms with E-state index < -0.39 is 0 Å². The van der Waals surface area contributed by atoms with Gasteiger partial charge >= 0.3 is 0 Å². The summed E-state index contributed by atoms with van der Waals surface area (Å²) in [6, 6.07) is 16.6. The van der Waals surface area contributed by atoms with E-state index in [4.69, 9.17) is 5.73 Å². The second kappa shape index (κ2) is 6.05.